The van der Waals surface area contributed by atoms with Crippen LogP contribution >= 0.6 is 11.6 Å². The topological polar surface area (TPSA) is 47.0 Å². The second-order valence-corrected chi connectivity index (χ2v) is 4.47. The molecule has 1 aliphatic carbocycles. The molecule has 1 aromatic heterocycles. The molecule has 16 heavy (non-hydrogen) atoms. The van der Waals surface area contributed by atoms with Crippen LogP contribution in [-0.4, -0.2) is 23.6 Å². The summed E-state index contributed by atoms with van der Waals surface area (Å²) < 4.78 is 5.64. The van der Waals surface area contributed by atoms with Crippen LogP contribution in [-0.2, 0) is 0 Å². The van der Waals surface area contributed by atoms with Crippen molar-refractivity contribution in [1.82, 2.24) is 9.97 Å². The zero-order chi connectivity index (χ0) is 11.4. The van der Waals surface area contributed by atoms with Crippen molar-refractivity contribution in [3.63, 3.8) is 0 Å². The molecule has 1 aromatic rings. The number of ether oxygens (including phenoxy) is 1. The van der Waals surface area contributed by atoms with Crippen molar-refractivity contribution >= 4 is 17.5 Å². The van der Waals surface area contributed by atoms with Gasteiger partial charge in [-0.25, -0.2) is 4.98 Å². The van der Waals surface area contributed by atoms with Crippen LogP contribution in [0.4, 0.5) is 5.95 Å². The maximum Gasteiger partial charge on any atom is 0.237 e. The number of rotatable bonds is 4. The summed E-state index contributed by atoms with van der Waals surface area (Å²) in [6.07, 6.45) is 6.69. The van der Waals surface area contributed by atoms with Crippen LogP contribution < -0.4 is 10.1 Å². The Bertz CT molecular complexity index is 353. The number of anilines is 1. The van der Waals surface area contributed by atoms with E-state index in [9.17, 15) is 0 Å². The molecule has 0 unspecified atom stereocenters. The largest absolute Gasteiger partial charge is 0.476 e. The third-order valence-electron chi connectivity index (χ3n) is 2.87. The van der Waals surface area contributed by atoms with Crippen molar-refractivity contribution in [3.05, 3.63) is 11.2 Å². The highest BCUT2D eigenvalue weighted by Crippen LogP contribution is 2.27. The molecular formula is C11H16ClN3O. The van der Waals surface area contributed by atoms with Gasteiger partial charge in [-0.2, -0.15) is 4.98 Å². The first-order valence-electron chi connectivity index (χ1n) is 5.62. The van der Waals surface area contributed by atoms with E-state index in [0.717, 1.165) is 0 Å². The Balaban J connectivity index is 1.96. The first-order chi connectivity index (χ1) is 7.79. The quantitative estimate of drug-likeness (QED) is 0.881. The molecule has 1 saturated carbocycles. The predicted octanol–water partition coefficient (Wildman–Crippen LogP) is 2.74. The lowest BCUT2D eigenvalue weighted by Crippen LogP contribution is -2.10. The smallest absolute Gasteiger partial charge is 0.237 e. The van der Waals surface area contributed by atoms with Gasteiger partial charge >= 0.3 is 0 Å². The first-order valence-corrected chi connectivity index (χ1v) is 6.00. The molecule has 0 spiro atoms. The van der Waals surface area contributed by atoms with Crippen LogP contribution in [0, 0.1) is 5.92 Å². The molecule has 0 radical (unpaired) electrons. The summed E-state index contributed by atoms with van der Waals surface area (Å²) in [4.78, 5) is 8.18. The third-order valence-corrected chi connectivity index (χ3v) is 3.13. The molecular weight excluding hydrogens is 226 g/mol. The van der Waals surface area contributed by atoms with Crippen molar-refractivity contribution < 1.29 is 4.74 Å². The van der Waals surface area contributed by atoms with Crippen LogP contribution in [0.5, 0.6) is 5.88 Å². The zero-order valence-corrected chi connectivity index (χ0v) is 10.1. The lowest BCUT2D eigenvalue weighted by Gasteiger charge is -2.11. The van der Waals surface area contributed by atoms with Crippen molar-refractivity contribution in [2.75, 3.05) is 19.0 Å². The van der Waals surface area contributed by atoms with Crippen molar-refractivity contribution in [2.45, 2.75) is 25.7 Å². The summed E-state index contributed by atoms with van der Waals surface area (Å²) in [7, 11) is 1.77. The van der Waals surface area contributed by atoms with Gasteiger partial charge in [0.1, 0.15) is 5.02 Å². The van der Waals surface area contributed by atoms with Crippen molar-refractivity contribution in [2.24, 2.45) is 5.92 Å². The third kappa shape index (κ3) is 2.76. The van der Waals surface area contributed by atoms with E-state index in [1.807, 2.05) is 0 Å². The molecule has 0 atom stereocenters. The highest BCUT2D eigenvalue weighted by atomic mass is 35.5. The lowest BCUT2D eigenvalue weighted by molar-refractivity contribution is 0.243. The maximum absolute atomic E-state index is 5.96. The van der Waals surface area contributed by atoms with Gasteiger partial charge in [0.15, 0.2) is 0 Å². The standard InChI is InChI=1S/C11H16ClN3O/c1-13-11-14-6-9(12)10(15-11)16-7-8-4-2-3-5-8/h6,8H,2-5,7H2,1H3,(H,13,14,15). The minimum Gasteiger partial charge on any atom is -0.476 e. The van der Waals surface area contributed by atoms with Crippen LogP contribution in [0.1, 0.15) is 25.7 Å². The molecule has 1 aliphatic rings. The van der Waals surface area contributed by atoms with Gasteiger partial charge in [0.25, 0.3) is 0 Å². The lowest BCUT2D eigenvalue weighted by atomic mass is 10.1. The van der Waals surface area contributed by atoms with Crippen LogP contribution in [0.2, 0.25) is 5.02 Å². The van der Waals surface area contributed by atoms with Gasteiger partial charge in [-0.1, -0.05) is 24.4 Å². The number of hydrogen-bond donors (Lipinski definition) is 1. The summed E-state index contributed by atoms with van der Waals surface area (Å²) in [5.41, 5.74) is 0. The van der Waals surface area contributed by atoms with E-state index in [1.165, 1.54) is 25.7 Å². The minimum absolute atomic E-state index is 0.469. The Labute approximate surface area is 100 Å². The Morgan fingerprint density at radius 2 is 2.25 bits per heavy atom. The summed E-state index contributed by atoms with van der Waals surface area (Å²) >= 11 is 5.96. The molecule has 2 rings (SSSR count). The van der Waals surface area contributed by atoms with Gasteiger partial charge in [-0.3, -0.25) is 0 Å². The molecule has 1 heterocycles. The van der Waals surface area contributed by atoms with Crippen molar-refractivity contribution in [1.29, 1.82) is 0 Å². The van der Waals surface area contributed by atoms with Gasteiger partial charge in [-0.05, 0) is 18.8 Å². The molecule has 1 fully saturated rings. The van der Waals surface area contributed by atoms with Crippen LogP contribution in [0.25, 0.3) is 0 Å². The molecule has 0 amide bonds. The molecule has 5 heteroatoms. The Kier molecular flexibility index (Phi) is 3.83. The molecule has 88 valence electrons. The zero-order valence-electron chi connectivity index (χ0n) is 9.37. The Morgan fingerprint density at radius 3 is 2.94 bits per heavy atom. The Hall–Kier alpha value is -1.03. The van der Waals surface area contributed by atoms with E-state index < -0.39 is 0 Å². The fourth-order valence-electron chi connectivity index (χ4n) is 1.95. The fraction of sp³-hybridized carbons (Fsp3) is 0.636. The minimum atomic E-state index is 0.469. The number of nitrogens with one attached hydrogen (secondary N) is 1. The summed E-state index contributed by atoms with van der Waals surface area (Å²) in [5, 5.41) is 3.33. The average molecular weight is 242 g/mol. The highest BCUT2D eigenvalue weighted by molar-refractivity contribution is 6.31. The highest BCUT2D eigenvalue weighted by Gasteiger charge is 2.16. The first kappa shape index (κ1) is 11.5. The molecule has 0 saturated heterocycles. The number of nitrogens with zero attached hydrogens (tertiary/aromatic N) is 2. The van der Waals surface area contributed by atoms with E-state index in [4.69, 9.17) is 16.3 Å². The van der Waals surface area contributed by atoms with Gasteiger partial charge < -0.3 is 10.1 Å². The van der Waals surface area contributed by atoms with E-state index >= 15 is 0 Å². The summed E-state index contributed by atoms with van der Waals surface area (Å²) in [5.74, 6) is 1.67. The molecule has 0 aliphatic heterocycles. The Morgan fingerprint density at radius 1 is 1.50 bits per heavy atom. The fourth-order valence-corrected chi connectivity index (χ4v) is 2.09. The number of halogens is 1. The normalized spacial score (nSPS) is 16.4. The van der Waals surface area contributed by atoms with Gasteiger partial charge in [0.2, 0.25) is 11.8 Å². The molecule has 1 N–H and O–H groups in total. The van der Waals surface area contributed by atoms with Crippen LogP contribution in [0.3, 0.4) is 0 Å². The number of aromatic nitrogens is 2. The van der Waals surface area contributed by atoms with E-state index in [1.54, 1.807) is 13.2 Å². The predicted molar refractivity (Wildman–Crippen MR) is 64.0 cm³/mol. The second kappa shape index (κ2) is 5.34. The van der Waals surface area contributed by atoms with Crippen LogP contribution in [0.15, 0.2) is 6.20 Å². The van der Waals surface area contributed by atoms with Gasteiger partial charge in [0, 0.05) is 7.05 Å². The summed E-state index contributed by atoms with van der Waals surface area (Å²) in [6, 6.07) is 0. The second-order valence-electron chi connectivity index (χ2n) is 4.06. The van der Waals surface area contributed by atoms with E-state index in [0.29, 0.717) is 29.4 Å². The van der Waals surface area contributed by atoms with E-state index in [2.05, 4.69) is 15.3 Å². The van der Waals surface area contributed by atoms with Gasteiger partial charge in [-0.15, -0.1) is 0 Å². The van der Waals surface area contributed by atoms with Crippen molar-refractivity contribution in [3.8, 4) is 5.88 Å². The molecule has 4 nitrogen and oxygen atoms in total. The average Bonchev–Trinajstić information content (AvgIpc) is 2.81. The van der Waals surface area contributed by atoms with Gasteiger partial charge in [0.05, 0.1) is 12.8 Å². The summed E-state index contributed by atoms with van der Waals surface area (Å²) in [6.45, 7) is 0.708. The maximum atomic E-state index is 5.96. The SMILES string of the molecule is CNc1ncc(Cl)c(OCC2CCCC2)n1. The monoisotopic (exact) mass is 241 g/mol. The molecule has 0 aromatic carbocycles. The molecule has 0 bridgehead atoms. The number of hydrogen-bond acceptors (Lipinski definition) is 4. The van der Waals surface area contributed by atoms with E-state index in [-0.39, 0.29) is 0 Å².